The molecule has 1 spiro atoms. The van der Waals surface area contributed by atoms with E-state index in [4.69, 9.17) is 0 Å². The van der Waals surface area contributed by atoms with Crippen LogP contribution in [0.5, 0.6) is 0 Å². The number of hydrogen-bond acceptors (Lipinski definition) is 2. The topological polar surface area (TPSA) is 15.3 Å². The summed E-state index contributed by atoms with van der Waals surface area (Å²) in [5.74, 6) is 1.04. The van der Waals surface area contributed by atoms with Gasteiger partial charge >= 0.3 is 0 Å². The fraction of sp³-hybridized carbons (Fsp3) is 1.00. The quantitative estimate of drug-likeness (QED) is 0.829. The van der Waals surface area contributed by atoms with Gasteiger partial charge in [-0.2, -0.15) is 0 Å². The Balaban J connectivity index is 1.61. The molecule has 2 nitrogen and oxygen atoms in total. The largest absolute Gasteiger partial charge is 0.308 e. The predicted molar refractivity (Wildman–Crippen MR) is 90.6 cm³/mol. The van der Waals surface area contributed by atoms with Crippen LogP contribution in [0.3, 0.4) is 0 Å². The number of nitrogens with one attached hydrogen (secondary N) is 1. The third kappa shape index (κ3) is 3.47. The second kappa shape index (κ2) is 7.00. The molecule has 3 aliphatic rings. The van der Waals surface area contributed by atoms with Gasteiger partial charge in [0.25, 0.3) is 0 Å². The maximum absolute atomic E-state index is 3.95. The lowest BCUT2D eigenvalue weighted by atomic mass is 9.81. The Morgan fingerprint density at radius 1 is 1.05 bits per heavy atom. The van der Waals surface area contributed by atoms with Gasteiger partial charge in [-0.1, -0.05) is 39.5 Å². The molecule has 2 heteroatoms. The number of nitrogens with zero attached hydrogens (tertiary/aromatic N) is 1. The highest BCUT2D eigenvalue weighted by atomic mass is 15.3. The first-order valence-electron chi connectivity index (χ1n) is 9.77. The van der Waals surface area contributed by atoms with Crippen LogP contribution in [0, 0.1) is 5.92 Å². The lowest BCUT2D eigenvalue weighted by molar-refractivity contribution is 0.0200. The maximum Gasteiger partial charge on any atom is 0.0309 e. The molecule has 0 radical (unpaired) electrons. The Hall–Kier alpha value is -0.0800. The zero-order chi connectivity index (χ0) is 14.7. The smallest absolute Gasteiger partial charge is 0.0309 e. The van der Waals surface area contributed by atoms with Crippen molar-refractivity contribution < 1.29 is 0 Å². The molecule has 1 heterocycles. The van der Waals surface area contributed by atoms with Gasteiger partial charge in [0.15, 0.2) is 0 Å². The highest BCUT2D eigenvalue weighted by Crippen LogP contribution is 2.38. The lowest BCUT2D eigenvalue weighted by Crippen LogP contribution is -2.65. The van der Waals surface area contributed by atoms with Crippen LogP contribution in [0.4, 0.5) is 0 Å². The van der Waals surface area contributed by atoms with Gasteiger partial charge in [-0.25, -0.2) is 0 Å². The molecule has 1 N–H and O–H groups in total. The van der Waals surface area contributed by atoms with E-state index in [9.17, 15) is 0 Å². The van der Waals surface area contributed by atoms with Gasteiger partial charge in [-0.3, -0.25) is 4.90 Å². The van der Waals surface area contributed by atoms with Crippen molar-refractivity contribution in [1.82, 2.24) is 10.2 Å². The summed E-state index contributed by atoms with van der Waals surface area (Å²) in [5.41, 5.74) is 0.492. The Bertz CT molecular complexity index is 314. The number of hydrogen-bond donors (Lipinski definition) is 1. The van der Waals surface area contributed by atoms with E-state index in [0.29, 0.717) is 5.54 Å². The van der Waals surface area contributed by atoms with Crippen LogP contribution in [0.1, 0.15) is 84.5 Å². The van der Waals surface area contributed by atoms with Crippen molar-refractivity contribution in [1.29, 1.82) is 0 Å². The minimum Gasteiger partial charge on any atom is -0.308 e. The van der Waals surface area contributed by atoms with E-state index in [1.54, 1.807) is 0 Å². The van der Waals surface area contributed by atoms with Gasteiger partial charge in [-0.15, -0.1) is 0 Å². The summed E-state index contributed by atoms with van der Waals surface area (Å²) in [6.45, 7) is 7.31. The molecule has 21 heavy (non-hydrogen) atoms. The fourth-order valence-corrected chi connectivity index (χ4v) is 5.35. The Kier molecular flexibility index (Phi) is 5.27. The van der Waals surface area contributed by atoms with Crippen molar-refractivity contribution in [2.45, 2.75) is 102 Å². The fourth-order valence-electron chi connectivity index (χ4n) is 5.35. The second-order valence-electron chi connectivity index (χ2n) is 8.07. The SMILES string of the molecule is CCCC1CCC(N2CC3(CCCC3)NCC2CC)CC1. The third-order valence-corrected chi connectivity index (χ3v) is 6.68. The Morgan fingerprint density at radius 2 is 1.76 bits per heavy atom. The first-order chi connectivity index (χ1) is 10.3. The first kappa shape index (κ1) is 15.8. The van der Waals surface area contributed by atoms with Crippen LogP contribution in [-0.2, 0) is 0 Å². The van der Waals surface area contributed by atoms with Gasteiger partial charge < -0.3 is 5.32 Å². The molecule has 1 atom stereocenters. The molecule has 2 saturated carbocycles. The van der Waals surface area contributed by atoms with Crippen LogP contribution >= 0.6 is 0 Å². The van der Waals surface area contributed by atoms with Gasteiger partial charge in [-0.05, 0) is 50.9 Å². The summed E-state index contributed by atoms with van der Waals surface area (Å²) in [6.07, 6.45) is 15.8. The lowest BCUT2D eigenvalue weighted by Gasteiger charge is -2.50. The molecule has 0 aromatic heterocycles. The average Bonchev–Trinajstić information content (AvgIpc) is 2.96. The molecule has 0 aromatic carbocycles. The van der Waals surface area contributed by atoms with E-state index in [1.165, 1.54) is 83.7 Å². The van der Waals surface area contributed by atoms with E-state index in [2.05, 4.69) is 24.1 Å². The molecule has 0 bridgehead atoms. The van der Waals surface area contributed by atoms with Gasteiger partial charge in [0.05, 0.1) is 0 Å². The zero-order valence-corrected chi connectivity index (χ0v) is 14.4. The molecular formula is C19H36N2. The highest BCUT2D eigenvalue weighted by molar-refractivity contribution is 5.02. The summed E-state index contributed by atoms with van der Waals surface area (Å²) in [7, 11) is 0. The molecular weight excluding hydrogens is 256 g/mol. The van der Waals surface area contributed by atoms with Gasteiger partial charge in [0, 0.05) is 30.7 Å². The van der Waals surface area contributed by atoms with E-state index in [1.807, 2.05) is 0 Å². The number of rotatable bonds is 4. The molecule has 1 saturated heterocycles. The molecule has 2 aliphatic carbocycles. The first-order valence-corrected chi connectivity index (χ1v) is 9.77. The van der Waals surface area contributed by atoms with Crippen molar-refractivity contribution in [2.24, 2.45) is 5.92 Å². The van der Waals surface area contributed by atoms with Crippen LogP contribution < -0.4 is 5.32 Å². The summed E-state index contributed by atoms with van der Waals surface area (Å²) >= 11 is 0. The molecule has 3 fully saturated rings. The zero-order valence-electron chi connectivity index (χ0n) is 14.4. The van der Waals surface area contributed by atoms with Crippen molar-refractivity contribution in [3.05, 3.63) is 0 Å². The van der Waals surface area contributed by atoms with E-state index < -0.39 is 0 Å². The van der Waals surface area contributed by atoms with Crippen LogP contribution in [0.25, 0.3) is 0 Å². The standard InChI is InChI=1S/C19H36N2/c1-3-7-16-8-10-18(11-9-16)21-15-19(12-5-6-13-19)20-14-17(21)4-2/h16-18,20H,3-15H2,1-2H3. The normalized spacial score (nSPS) is 37.1. The third-order valence-electron chi connectivity index (χ3n) is 6.68. The molecule has 1 aliphatic heterocycles. The molecule has 122 valence electrons. The predicted octanol–water partition coefficient (Wildman–Crippen LogP) is 4.34. The average molecular weight is 293 g/mol. The number of piperazine rings is 1. The Labute approximate surface area is 132 Å². The van der Waals surface area contributed by atoms with Gasteiger partial charge in [0.2, 0.25) is 0 Å². The van der Waals surface area contributed by atoms with E-state index >= 15 is 0 Å². The molecule has 3 rings (SSSR count). The highest BCUT2D eigenvalue weighted by Gasteiger charge is 2.43. The summed E-state index contributed by atoms with van der Waals surface area (Å²) in [5, 5.41) is 3.95. The monoisotopic (exact) mass is 292 g/mol. The van der Waals surface area contributed by atoms with E-state index in [-0.39, 0.29) is 0 Å². The van der Waals surface area contributed by atoms with Crippen LogP contribution in [0.2, 0.25) is 0 Å². The summed E-state index contributed by atoms with van der Waals surface area (Å²) in [4.78, 5) is 2.95. The summed E-state index contributed by atoms with van der Waals surface area (Å²) in [6, 6.07) is 1.69. The van der Waals surface area contributed by atoms with Gasteiger partial charge in [0.1, 0.15) is 0 Å². The van der Waals surface area contributed by atoms with Crippen molar-refractivity contribution in [3.8, 4) is 0 Å². The molecule has 1 unspecified atom stereocenters. The maximum atomic E-state index is 3.95. The Morgan fingerprint density at radius 3 is 2.38 bits per heavy atom. The van der Waals surface area contributed by atoms with Crippen LogP contribution in [-0.4, -0.2) is 35.6 Å². The van der Waals surface area contributed by atoms with Crippen molar-refractivity contribution >= 4 is 0 Å². The summed E-state index contributed by atoms with van der Waals surface area (Å²) < 4.78 is 0. The molecule has 0 aromatic rings. The van der Waals surface area contributed by atoms with E-state index in [0.717, 1.165) is 18.0 Å². The minimum atomic E-state index is 0.492. The van der Waals surface area contributed by atoms with Crippen molar-refractivity contribution in [3.63, 3.8) is 0 Å². The van der Waals surface area contributed by atoms with Crippen molar-refractivity contribution in [2.75, 3.05) is 13.1 Å². The minimum absolute atomic E-state index is 0.492. The second-order valence-corrected chi connectivity index (χ2v) is 8.07. The van der Waals surface area contributed by atoms with Crippen LogP contribution in [0.15, 0.2) is 0 Å². The molecule has 0 amide bonds.